The molecule has 2 aromatic carbocycles. The van der Waals surface area contributed by atoms with Gasteiger partial charge in [-0.2, -0.15) is 0 Å². The topological polar surface area (TPSA) is 25.2 Å². The van der Waals surface area contributed by atoms with Crippen LogP contribution in [0.2, 0.25) is 10.0 Å². The quantitative estimate of drug-likeness (QED) is 0.737. The van der Waals surface area contributed by atoms with E-state index in [0.717, 1.165) is 22.0 Å². The average molecular weight is 320 g/mol. The second-order valence-electron chi connectivity index (χ2n) is 5.16. The third-order valence-corrected chi connectivity index (χ3v) is 4.44. The van der Waals surface area contributed by atoms with Gasteiger partial charge in [-0.3, -0.25) is 0 Å². The van der Waals surface area contributed by atoms with Gasteiger partial charge in [-0.25, -0.2) is 0 Å². The lowest BCUT2D eigenvalue weighted by Gasteiger charge is -2.07. The molecule has 0 aliphatic carbocycles. The van der Waals surface area contributed by atoms with Gasteiger partial charge in [-0.05, 0) is 36.2 Å². The van der Waals surface area contributed by atoms with Crippen LogP contribution >= 0.6 is 23.2 Å². The number of benzene rings is 2. The Morgan fingerprint density at radius 1 is 1.10 bits per heavy atom. The molecule has 21 heavy (non-hydrogen) atoms. The molecule has 0 aliphatic heterocycles. The first-order chi connectivity index (χ1) is 10.1. The number of halogens is 2. The monoisotopic (exact) mass is 319 g/mol. The minimum atomic E-state index is 0.0374. The molecule has 108 valence electrons. The maximum Gasteiger partial charge on any atom is 0.0702 e. The zero-order chi connectivity index (χ0) is 15.0. The average Bonchev–Trinajstić information content (AvgIpc) is 2.82. The van der Waals surface area contributed by atoms with Crippen molar-refractivity contribution in [3.05, 3.63) is 69.3 Å². The zero-order valence-corrected chi connectivity index (χ0v) is 13.1. The number of rotatable bonds is 3. The van der Waals surface area contributed by atoms with E-state index in [1.165, 1.54) is 5.56 Å². The number of hydrogen-bond donors (Lipinski definition) is 1. The highest BCUT2D eigenvalue weighted by Crippen LogP contribution is 2.27. The van der Waals surface area contributed by atoms with Crippen molar-refractivity contribution in [1.82, 2.24) is 4.57 Å². The lowest BCUT2D eigenvalue weighted by molar-refractivity contribution is 0.283. The predicted octanol–water partition coefficient (Wildman–Crippen LogP) is 4.80. The zero-order valence-electron chi connectivity index (χ0n) is 11.6. The van der Waals surface area contributed by atoms with E-state index in [-0.39, 0.29) is 6.61 Å². The van der Waals surface area contributed by atoms with Crippen LogP contribution in [0.3, 0.4) is 0 Å². The predicted molar refractivity (Wildman–Crippen MR) is 88.2 cm³/mol. The number of aryl methyl sites for hydroxylation is 1. The fourth-order valence-corrected chi connectivity index (χ4v) is 3.04. The van der Waals surface area contributed by atoms with Crippen molar-refractivity contribution < 1.29 is 5.11 Å². The lowest BCUT2D eigenvalue weighted by atomic mass is 10.1. The molecule has 0 unspecified atom stereocenters. The van der Waals surface area contributed by atoms with Crippen molar-refractivity contribution >= 4 is 34.1 Å². The standard InChI is InChI=1S/C17H15Cl2NO/c1-11-3-2-4-16-17(11)13(10-21)9-20(16)8-12-5-6-14(18)15(19)7-12/h2-7,9,21H,8,10H2,1H3. The minimum Gasteiger partial charge on any atom is -0.392 e. The smallest absolute Gasteiger partial charge is 0.0702 e. The van der Waals surface area contributed by atoms with Crippen molar-refractivity contribution in [3.8, 4) is 0 Å². The molecule has 0 fully saturated rings. The Morgan fingerprint density at radius 2 is 1.90 bits per heavy atom. The summed E-state index contributed by atoms with van der Waals surface area (Å²) in [7, 11) is 0. The summed E-state index contributed by atoms with van der Waals surface area (Å²) in [6.07, 6.45) is 2.00. The summed E-state index contributed by atoms with van der Waals surface area (Å²) in [5.74, 6) is 0. The molecule has 0 bridgehead atoms. The van der Waals surface area contributed by atoms with Gasteiger partial charge >= 0.3 is 0 Å². The van der Waals surface area contributed by atoms with E-state index in [1.807, 2.05) is 30.5 Å². The molecule has 0 amide bonds. The van der Waals surface area contributed by atoms with E-state index >= 15 is 0 Å². The van der Waals surface area contributed by atoms with Gasteiger partial charge in [0.05, 0.1) is 16.7 Å². The fourth-order valence-electron chi connectivity index (χ4n) is 2.72. The molecule has 0 atom stereocenters. The van der Waals surface area contributed by atoms with Crippen LogP contribution < -0.4 is 0 Å². The van der Waals surface area contributed by atoms with Crippen LogP contribution in [0.1, 0.15) is 16.7 Å². The summed E-state index contributed by atoms with van der Waals surface area (Å²) in [4.78, 5) is 0. The minimum absolute atomic E-state index is 0.0374. The van der Waals surface area contributed by atoms with E-state index in [2.05, 4.69) is 23.6 Å². The molecule has 1 aromatic heterocycles. The SMILES string of the molecule is Cc1cccc2c1c(CO)cn2Cc1ccc(Cl)c(Cl)c1. The number of fused-ring (bicyclic) bond motifs is 1. The molecule has 1 heterocycles. The second-order valence-corrected chi connectivity index (χ2v) is 5.97. The Balaban J connectivity index is 2.08. The number of aromatic nitrogens is 1. The van der Waals surface area contributed by atoms with Gasteiger partial charge in [0.1, 0.15) is 0 Å². The number of nitrogens with zero attached hydrogens (tertiary/aromatic N) is 1. The molecule has 0 saturated carbocycles. The van der Waals surface area contributed by atoms with Crippen molar-refractivity contribution in [2.24, 2.45) is 0 Å². The first-order valence-electron chi connectivity index (χ1n) is 6.72. The van der Waals surface area contributed by atoms with Crippen LogP contribution in [0.15, 0.2) is 42.6 Å². The molecule has 0 radical (unpaired) electrons. The molecular weight excluding hydrogens is 305 g/mol. The molecule has 0 aliphatic rings. The first-order valence-corrected chi connectivity index (χ1v) is 7.48. The summed E-state index contributed by atoms with van der Waals surface area (Å²) in [5, 5.41) is 11.8. The summed E-state index contributed by atoms with van der Waals surface area (Å²) in [5.41, 5.74) is 4.31. The van der Waals surface area contributed by atoms with Gasteiger partial charge < -0.3 is 9.67 Å². The van der Waals surface area contributed by atoms with Crippen LogP contribution in [0, 0.1) is 6.92 Å². The van der Waals surface area contributed by atoms with Gasteiger partial charge in [-0.15, -0.1) is 0 Å². The Hall–Kier alpha value is -1.48. The van der Waals surface area contributed by atoms with Crippen LogP contribution in [0.5, 0.6) is 0 Å². The molecular formula is C17H15Cl2NO. The van der Waals surface area contributed by atoms with E-state index in [4.69, 9.17) is 23.2 Å². The molecule has 4 heteroatoms. The van der Waals surface area contributed by atoms with Crippen LogP contribution in [-0.4, -0.2) is 9.67 Å². The van der Waals surface area contributed by atoms with Gasteiger partial charge in [-0.1, -0.05) is 41.4 Å². The van der Waals surface area contributed by atoms with Crippen LogP contribution in [0.4, 0.5) is 0 Å². The van der Waals surface area contributed by atoms with Gasteiger partial charge in [0.2, 0.25) is 0 Å². The number of aliphatic hydroxyl groups excluding tert-OH is 1. The fraction of sp³-hybridized carbons (Fsp3) is 0.176. The highest BCUT2D eigenvalue weighted by molar-refractivity contribution is 6.42. The molecule has 3 aromatic rings. The molecule has 0 spiro atoms. The van der Waals surface area contributed by atoms with E-state index < -0.39 is 0 Å². The second kappa shape index (κ2) is 5.72. The molecule has 0 saturated heterocycles. The Morgan fingerprint density at radius 3 is 2.62 bits per heavy atom. The van der Waals surface area contributed by atoms with Crippen molar-refractivity contribution in [1.29, 1.82) is 0 Å². The van der Waals surface area contributed by atoms with E-state index in [0.29, 0.717) is 16.6 Å². The Bertz CT molecular complexity index is 808. The largest absolute Gasteiger partial charge is 0.392 e. The summed E-state index contributed by atoms with van der Waals surface area (Å²) in [6, 6.07) is 11.8. The maximum absolute atomic E-state index is 9.57. The molecule has 2 nitrogen and oxygen atoms in total. The number of aliphatic hydroxyl groups is 1. The molecule has 3 rings (SSSR count). The van der Waals surface area contributed by atoms with E-state index in [1.54, 1.807) is 0 Å². The van der Waals surface area contributed by atoms with Crippen molar-refractivity contribution in [2.75, 3.05) is 0 Å². The van der Waals surface area contributed by atoms with Gasteiger partial charge in [0.25, 0.3) is 0 Å². The summed E-state index contributed by atoms with van der Waals surface area (Å²) < 4.78 is 2.13. The lowest BCUT2D eigenvalue weighted by Crippen LogP contribution is -1.98. The van der Waals surface area contributed by atoms with Crippen LogP contribution in [-0.2, 0) is 13.2 Å². The third-order valence-electron chi connectivity index (χ3n) is 3.70. The van der Waals surface area contributed by atoms with Crippen LogP contribution in [0.25, 0.3) is 10.9 Å². The van der Waals surface area contributed by atoms with Crippen molar-refractivity contribution in [2.45, 2.75) is 20.1 Å². The number of hydrogen-bond acceptors (Lipinski definition) is 1. The Kier molecular flexibility index (Phi) is 3.94. The van der Waals surface area contributed by atoms with E-state index in [9.17, 15) is 5.11 Å². The summed E-state index contributed by atoms with van der Waals surface area (Å²) in [6.45, 7) is 2.79. The first kappa shape index (κ1) is 14.5. The highest BCUT2D eigenvalue weighted by atomic mass is 35.5. The summed E-state index contributed by atoms with van der Waals surface area (Å²) >= 11 is 12.0. The molecule has 1 N–H and O–H groups in total. The maximum atomic E-state index is 9.57. The highest BCUT2D eigenvalue weighted by Gasteiger charge is 2.10. The van der Waals surface area contributed by atoms with Gasteiger partial charge in [0.15, 0.2) is 0 Å². The Labute approximate surface area is 133 Å². The third kappa shape index (κ3) is 2.67. The van der Waals surface area contributed by atoms with Crippen molar-refractivity contribution in [3.63, 3.8) is 0 Å². The normalized spacial score (nSPS) is 11.2. The van der Waals surface area contributed by atoms with Gasteiger partial charge in [0, 0.05) is 29.2 Å².